The van der Waals surface area contributed by atoms with Crippen LogP contribution in [0.25, 0.3) is 0 Å². The summed E-state index contributed by atoms with van der Waals surface area (Å²) < 4.78 is 5.59. The van der Waals surface area contributed by atoms with E-state index in [9.17, 15) is 0 Å². The first-order valence-corrected chi connectivity index (χ1v) is 6.72. The molecule has 3 nitrogen and oxygen atoms in total. The molecule has 76 valence electrons. The molecular formula is C9H20N2OSi. The minimum absolute atomic E-state index is 0.245. The number of hydrogen-bond acceptors (Lipinski definition) is 3. The lowest BCUT2D eigenvalue weighted by Crippen LogP contribution is -2.21. The molecule has 0 aliphatic carbocycles. The average molecular weight is 200 g/mol. The third-order valence-electron chi connectivity index (χ3n) is 2.05. The fourth-order valence-electron chi connectivity index (χ4n) is 1.32. The van der Waals surface area contributed by atoms with E-state index >= 15 is 0 Å². The van der Waals surface area contributed by atoms with Crippen LogP contribution in [0.5, 0.6) is 0 Å². The van der Waals surface area contributed by atoms with Gasteiger partial charge >= 0.3 is 0 Å². The van der Waals surface area contributed by atoms with Crippen LogP contribution in [0.4, 0.5) is 0 Å². The first kappa shape index (κ1) is 10.7. The van der Waals surface area contributed by atoms with Crippen molar-refractivity contribution in [3.05, 3.63) is 0 Å². The van der Waals surface area contributed by atoms with Gasteiger partial charge in [0.25, 0.3) is 0 Å². The second-order valence-electron chi connectivity index (χ2n) is 3.68. The second kappa shape index (κ2) is 6.15. The van der Waals surface area contributed by atoms with Gasteiger partial charge in [-0.1, -0.05) is 0 Å². The van der Waals surface area contributed by atoms with Gasteiger partial charge in [0, 0.05) is 19.2 Å². The van der Waals surface area contributed by atoms with Crippen LogP contribution in [-0.4, -0.2) is 46.7 Å². The maximum Gasteiger partial charge on any atom is 0.162 e. The first-order valence-electron chi connectivity index (χ1n) is 5.14. The molecule has 0 atom stereocenters. The Balaban J connectivity index is 1.86. The quantitative estimate of drug-likeness (QED) is 0.464. The fourth-order valence-corrected chi connectivity index (χ4v) is 2.39. The maximum absolute atomic E-state index is 5.59. The van der Waals surface area contributed by atoms with E-state index in [2.05, 4.69) is 23.7 Å². The lowest BCUT2D eigenvalue weighted by molar-refractivity contribution is 0.254. The molecule has 1 aliphatic heterocycles. The van der Waals surface area contributed by atoms with E-state index in [1.165, 1.54) is 12.5 Å². The highest BCUT2D eigenvalue weighted by molar-refractivity contribution is 6.27. The zero-order valence-electron chi connectivity index (χ0n) is 8.70. The Morgan fingerprint density at radius 1 is 1.62 bits per heavy atom. The molecule has 4 heteroatoms. The number of aliphatic imine (C=N–C) groups is 1. The van der Waals surface area contributed by atoms with Crippen molar-refractivity contribution >= 4 is 16.1 Å². The monoisotopic (exact) mass is 200 g/mol. The summed E-state index contributed by atoms with van der Waals surface area (Å²) in [6.07, 6.45) is 3.68. The Kier molecular flexibility index (Phi) is 5.08. The largest absolute Gasteiger partial charge is 0.422 e. The van der Waals surface area contributed by atoms with E-state index in [0.717, 1.165) is 19.6 Å². The normalized spacial score (nSPS) is 17.0. The first-order chi connectivity index (χ1) is 6.29. The Morgan fingerprint density at radius 3 is 3.08 bits per heavy atom. The van der Waals surface area contributed by atoms with Crippen LogP contribution < -0.4 is 0 Å². The smallest absolute Gasteiger partial charge is 0.162 e. The molecule has 0 spiro atoms. The SMILES string of the molecule is CC(C)O[SiH2]CCCN1C=NCC1. The van der Waals surface area contributed by atoms with Gasteiger partial charge in [-0.2, -0.15) is 0 Å². The molecule has 0 fully saturated rings. The van der Waals surface area contributed by atoms with Crippen LogP contribution in [0.2, 0.25) is 6.04 Å². The highest BCUT2D eigenvalue weighted by Gasteiger charge is 2.03. The van der Waals surface area contributed by atoms with Crippen LogP contribution in [0.15, 0.2) is 4.99 Å². The number of nitrogens with zero attached hydrogens (tertiary/aromatic N) is 2. The summed E-state index contributed by atoms with van der Waals surface area (Å²) in [6.45, 7) is 7.49. The molecular weight excluding hydrogens is 180 g/mol. The second-order valence-corrected chi connectivity index (χ2v) is 5.13. The van der Waals surface area contributed by atoms with Gasteiger partial charge in [0.05, 0.1) is 12.9 Å². The van der Waals surface area contributed by atoms with Crippen LogP contribution in [0.3, 0.4) is 0 Å². The van der Waals surface area contributed by atoms with Gasteiger partial charge in [-0.15, -0.1) is 0 Å². The third-order valence-corrected chi connectivity index (χ3v) is 3.74. The molecule has 0 bridgehead atoms. The van der Waals surface area contributed by atoms with E-state index in [0.29, 0.717) is 6.10 Å². The molecule has 0 aromatic carbocycles. The van der Waals surface area contributed by atoms with Gasteiger partial charge in [0.15, 0.2) is 9.76 Å². The predicted molar refractivity (Wildman–Crippen MR) is 59.1 cm³/mol. The van der Waals surface area contributed by atoms with Crippen molar-refractivity contribution in [3.8, 4) is 0 Å². The van der Waals surface area contributed by atoms with E-state index in [4.69, 9.17) is 4.43 Å². The third kappa shape index (κ3) is 5.05. The highest BCUT2D eigenvalue weighted by Crippen LogP contribution is 1.98. The predicted octanol–water partition coefficient (Wildman–Crippen LogP) is 0.648. The van der Waals surface area contributed by atoms with Gasteiger partial charge in [0.1, 0.15) is 0 Å². The fraction of sp³-hybridized carbons (Fsp3) is 0.889. The molecule has 0 N–H and O–H groups in total. The number of hydrogen-bond donors (Lipinski definition) is 0. The van der Waals surface area contributed by atoms with E-state index in [1.54, 1.807) is 0 Å². The molecule has 0 saturated heterocycles. The molecule has 0 aromatic rings. The summed E-state index contributed by atoms with van der Waals surface area (Å²) in [7, 11) is -0.245. The maximum atomic E-state index is 5.59. The lowest BCUT2D eigenvalue weighted by atomic mass is 10.4. The molecule has 1 aliphatic rings. The van der Waals surface area contributed by atoms with Crippen molar-refractivity contribution in [3.63, 3.8) is 0 Å². The van der Waals surface area contributed by atoms with E-state index < -0.39 is 0 Å². The standard InChI is InChI=1S/C9H20N2OSi/c1-9(2)12-13-7-3-5-11-6-4-10-8-11/h8-9H,3-7,13H2,1-2H3. The lowest BCUT2D eigenvalue weighted by Gasteiger charge is -2.13. The molecule has 1 rings (SSSR count). The summed E-state index contributed by atoms with van der Waals surface area (Å²) in [5.74, 6) is 0. The Bertz CT molecular complexity index is 162. The van der Waals surface area contributed by atoms with Gasteiger partial charge < -0.3 is 9.33 Å². The van der Waals surface area contributed by atoms with Crippen molar-refractivity contribution in [1.82, 2.24) is 4.90 Å². The summed E-state index contributed by atoms with van der Waals surface area (Å²) >= 11 is 0. The average Bonchev–Trinajstić information content (AvgIpc) is 2.55. The van der Waals surface area contributed by atoms with Crippen molar-refractivity contribution in [1.29, 1.82) is 0 Å². The molecule has 0 radical (unpaired) electrons. The summed E-state index contributed by atoms with van der Waals surface area (Å²) in [5, 5.41) is 0. The summed E-state index contributed by atoms with van der Waals surface area (Å²) in [6, 6.07) is 1.29. The molecule has 0 amide bonds. The highest BCUT2D eigenvalue weighted by atomic mass is 28.2. The Hall–Kier alpha value is -0.353. The van der Waals surface area contributed by atoms with Gasteiger partial charge in [-0.3, -0.25) is 4.99 Å². The van der Waals surface area contributed by atoms with Gasteiger partial charge in [-0.25, -0.2) is 0 Å². The van der Waals surface area contributed by atoms with Gasteiger partial charge in [-0.05, 0) is 26.3 Å². The molecule has 1 heterocycles. The van der Waals surface area contributed by atoms with Crippen LogP contribution in [-0.2, 0) is 4.43 Å². The van der Waals surface area contributed by atoms with Crippen LogP contribution in [0, 0.1) is 0 Å². The van der Waals surface area contributed by atoms with Crippen LogP contribution in [0.1, 0.15) is 20.3 Å². The minimum Gasteiger partial charge on any atom is -0.422 e. The van der Waals surface area contributed by atoms with Crippen molar-refractivity contribution in [2.45, 2.75) is 32.4 Å². The van der Waals surface area contributed by atoms with E-state index in [1.807, 2.05) is 6.34 Å². The Labute approximate surface area is 83.1 Å². The summed E-state index contributed by atoms with van der Waals surface area (Å²) in [4.78, 5) is 6.47. The van der Waals surface area contributed by atoms with Gasteiger partial charge in [0.2, 0.25) is 0 Å². The molecule has 0 saturated carbocycles. The Morgan fingerprint density at radius 2 is 2.46 bits per heavy atom. The molecule has 0 aromatic heterocycles. The minimum atomic E-state index is -0.245. The number of rotatable bonds is 6. The molecule has 0 unspecified atom stereocenters. The summed E-state index contributed by atoms with van der Waals surface area (Å²) in [5.41, 5.74) is 0. The van der Waals surface area contributed by atoms with Crippen molar-refractivity contribution in [2.75, 3.05) is 19.6 Å². The zero-order valence-corrected chi connectivity index (χ0v) is 10.1. The van der Waals surface area contributed by atoms with Crippen molar-refractivity contribution in [2.24, 2.45) is 4.99 Å². The zero-order chi connectivity index (χ0) is 9.52. The topological polar surface area (TPSA) is 24.8 Å². The van der Waals surface area contributed by atoms with Crippen LogP contribution >= 0.6 is 0 Å². The van der Waals surface area contributed by atoms with E-state index in [-0.39, 0.29) is 9.76 Å². The molecule has 13 heavy (non-hydrogen) atoms. The van der Waals surface area contributed by atoms with Crippen molar-refractivity contribution < 1.29 is 4.43 Å².